The van der Waals surface area contributed by atoms with Gasteiger partial charge in [-0.05, 0) is 62.9 Å². The van der Waals surface area contributed by atoms with E-state index in [2.05, 4.69) is 9.62 Å². The van der Waals surface area contributed by atoms with E-state index in [1.165, 1.54) is 24.3 Å². The number of ether oxygens (including phenoxy) is 1. The van der Waals surface area contributed by atoms with Crippen LogP contribution in [0.5, 0.6) is 0 Å². The Morgan fingerprint density at radius 1 is 1.17 bits per heavy atom. The number of rotatable bonds is 7. The fourth-order valence-corrected chi connectivity index (χ4v) is 5.19. The lowest BCUT2D eigenvalue weighted by atomic mass is 9.93. The van der Waals surface area contributed by atoms with E-state index in [1.807, 2.05) is 0 Å². The molecule has 1 amide bonds. The minimum absolute atomic E-state index is 0.100. The number of amides is 1. The van der Waals surface area contributed by atoms with Crippen molar-refractivity contribution in [3.63, 3.8) is 0 Å². The molecule has 0 unspecified atom stereocenters. The molecule has 29 heavy (non-hydrogen) atoms. The van der Waals surface area contributed by atoms with Crippen molar-refractivity contribution in [2.24, 2.45) is 5.92 Å². The quantitative estimate of drug-likeness (QED) is 0.697. The Morgan fingerprint density at radius 2 is 1.79 bits per heavy atom. The van der Waals surface area contributed by atoms with Crippen LogP contribution >= 0.6 is 11.6 Å². The van der Waals surface area contributed by atoms with E-state index < -0.39 is 16.1 Å². The molecule has 1 aromatic carbocycles. The van der Waals surface area contributed by atoms with Crippen LogP contribution in [0.25, 0.3) is 0 Å². The van der Waals surface area contributed by atoms with Crippen LogP contribution in [0.15, 0.2) is 29.2 Å². The highest BCUT2D eigenvalue weighted by atomic mass is 35.5. The predicted molar refractivity (Wildman–Crippen MR) is 112 cm³/mol. The summed E-state index contributed by atoms with van der Waals surface area (Å²) in [6.45, 7) is 7.68. The van der Waals surface area contributed by atoms with Gasteiger partial charge < -0.3 is 9.64 Å². The Balaban J connectivity index is 1.45. The fourth-order valence-electron chi connectivity index (χ4n) is 3.87. The summed E-state index contributed by atoms with van der Waals surface area (Å²) >= 11 is 5.81. The Bertz CT molecular complexity index is 773. The van der Waals surface area contributed by atoms with Gasteiger partial charge in [0.05, 0.1) is 24.2 Å². The standard InChI is InChI=1S/C20H30ClN3O4S/c1-16(22-29(26,27)19-4-2-18(21)3-5-19)20(25)24-10-7-17(8-11-24)6-9-23-12-14-28-15-13-23/h2-5,16-17,22H,6-15H2,1H3/t16-/m0/s1. The molecule has 3 rings (SSSR count). The molecular weight excluding hydrogens is 414 g/mol. The molecule has 0 bridgehead atoms. The average Bonchev–Trinajstić information content (AvgIpc) is 2.73. The molecule has 0 radical (unpaired) electrons. The maximum Gasteiger partial charge on any atom is 0.241 e. The van der Waals surface area contributed by atoms with Crippen molar-refractivity contribution in [1.29, 1.82) is 0 Å². The molecule has 1 aromatic rings. The van der Waals surface area contributed by atoms with Crippen LogP contribution in [0.4, 0.5) is 0 Å². The maximum absolute atomic E-state index is 12.7. The molecule has 2 fully saturated rings. The first kappa shape index (κ1) is 22.5. The van der Waals surface area contributed by atoms with Crippen LogP contribution in [-0.4, -0.2) is 76.1 Å². The van der Waals surface area contributed by atoms with Crippen LogP contribution in [0, 0.1) is 5.92 Å². The molecule has 0 aromatic heterocycles. The average molecular weight is 444 g/mol. The zero-order valence-corrected chi connectivity index (χ0v) is 18.4. The summed E-state index contributed by atoms with van der Waals surface area (Å²) in [7, 11) is -3.76. The van der Waals surface area contributed by atoms with E-state index in [9.17, 15) is 13.2 Å². The number of morpholine rings is 1. The minimum Gasteiger partial charge on any atom is -0.379 e. The number of carbonyl (C=O) groups is 1. The smallest absolute Gasteiger partial charge is 0.241 e. The van der Waals surface area contributed by atoms with Crippen LogP contribution in [0.1, 0.15) is 26.2 Å². The van der Waals surface area contributed by atoms with Crippen molar-refractivity contribution in [1.82, 2.24) is 14.5 Å². The number of sulfonamides is 1. The molecule has 162 valence electrons. The zero-order chi connectivity index (χ0) is 20.9. The van der Waals surface area contributed by atoms with Gasteiger partial charge in [-0.15, -0.1) is 0 Å². The van der Waals surface area contributed by atoms with Crippen molar-refractivity contribution in [2.75, 3.05) is 45.9 Å². The van der Waals surface area contributed by atoms with Crippen LogP contribution < -0.4 is 4.72 Å². The molecule has 1 N–H and O–H groups in total. The summed E-state index contributed by atoms with van der Waals surface area (Å²) in [6, 6.07) is 5.10. The van der Waals surface area contributed by atoms with Gasteiger partial charge in [0.1, 0.15) is 0 Å². The van der Waals surface area contributed by atoms with Crippen LogP contribution in [0.3, 0.4) is 0 Å². The Hall–Kier alpha value is -1.19. The van der Waals surface area contributed by atoms with E-state index in [0.717, 1.165) is 52.1 Å². The SMILES string of the molecule is C[C@H](NS(=O)(=O)c1ccc(Cl)cc1)C(=O)N1CCC(CCN2CCOCC2)CC1. The molecule has 2 saturated heterocycles. The van der Waals surface area contributed by atoms with Gasteiger partial charge in [0, 0.05) is 31.2 Å². The number of hydrogen-bond acceptors (Lipinski definition) is 5. The lowest BCUT2D eigenvalue weighted by Gasteiger charge is -2.35. The van der Waals surface area contributed by atoms with E-state index in [-0.39, 0.29) is 10.8 Å². The van der Waals surface area contributed by atoms with Crippen molar-refractivity contribution < 1.29 is 17.9 Å². The molecule has 0 aliphatic carbocycles. The number of benzene rings is 1. The van der Waals surface area contributed by atoms with Crippen LogP contribution in [-0.2, 0) is 19.6 Å². The number of halogens is 1. The molecule has 1 atom stereocenters. The zero-order valence-electron chi connectivity index (χ0n) is 16.8. The summed E-state index contributed by atoms with van der Waals surface area (Å²) in [5.41, 5.74) is 0. The number of nitrogens with zero attached hydrogens (tertiary/aromatic N) is 2. The number of hydrogen-bond donors (Lipinski definition) is 1. The largest absolute Gasteiger partial charge is 0.379 e. The van der Waals surface area contributed by atoms with Gasteiger partial charge in [-0.25, -0.2) is 8.42 Å². The minimum atomic E-state index is -3.76. The highest BCUT2D eigenvalue weighted by molar-refractivity contribution is 7.89. The number of likely N-dealkylation sites (tertiary alicyclic amines) is 1. The van der Waals surface area contributed by atoms with Gasteiger partial charge >= 0.3 is 0 Å². The number of carbonyl (C=O) groups excluding carboxylic acids is 1. The van der Waals surface area contributed by atoms with E-state index in [4.69, 9.17) is 16.3 Å². The molecule has 9 heteroatoms. The topological polar surface area (TPSA) is 79.0 Å². The molecule has 0 saturated carbocycles. The number of piperidine rings is 1. The highest BCUT2D eigenvalue weighted by Crippen LogP contribution is 2.22. The Kier molecular flexibility index (Phi) is 7.92. The summed E-state index contributed by atoms with van der Waals surface area (Å²) in [6.07, 6.45) is 3.07. The first-order valence-corrected chi connectivity index (χ1v) is 12.1. The fraction of sp³-hybridized carbons (Fsp3) is 0.650. The second kappa shape index (κ2) is 10.2. The molecule has 7 nitrogen and oxygen atoms in total. The Morgan fingerprint density at radius 3 is 2.41 bits per heavy atom. The summed E-state index contributed by atoms with van der Waals surface area (Å²) in [5, 5.41) is 0.463. The van der Waals surface area contributed by atoms with E-state index in [1.54, 1.807) is 11.8 Å². The van der Waals surface area contributed by atoms with Gasteiger partial charge in [0.25, 0.3) is 0 Å². The predicted octanol–water partition coefficient (Wildman–Crippen LogP) is 1.97. The van der Waals surface area contributed by atoms with Gasteiger partial charge in [-0.3, -0.25) is 9.69 Å². The molecular formula is C20H30ClN3O4S. The normalized spacial score (nSPS) is 20.6. The number of nitrogens with one attached hydrogen (secondary N) is 1. The first-order chi connectivity index (χ1) is 13.8. The Labute approximate surface area is 178 Å². The van der Waals surface area contributed by atoms with Crippen molar-refractivity contribution in [3.05, 3.63) is 29.3 Å². The summed E-state index contributed by atoms with van der Waals surface area (Å²) < 4.78 is 32.9. The summed E-state index contributed by atoms with van der Waals surface area (Å²) in [4.78, 5) is 17.0. The van der Waals surface area contributed by atoms with Gasteiger partial charge in [0.15, 0.2) is 0 Å². The highest BCUT2D eigenvalue weighted by Gasteiger charge is 2.29. The van der Waals surface area contributed by atoms with E-state index >= 15 is 0 Å². The molecule has 2 aliphatic rings. The van der Waals surface area contributed by atoms with Gasteiger partial charge in [-0.1, -0.05) is 11.6 Å². The lowest BCUT2D eigenvalue weighted by Crippen LogP contribution is -2.49. The van der Waals surface area contributed by atoms with Crippen molar-refractivity contribution >= 4 is 27.5 Å². The molecule has 2 aliphatic heterocycles. The van der Waals surface area contributed by atoms with Crippen LogP contribution in [0.2, 0.25) is 5.02 Å². The van der Waals surface area contributed by atoms with Crippen molar-refractivity contribution in [2.45, 2.75) is 37.1 Å². The van der Waals surface area contributed by atoms with Crippen molar-refractivity contribution in [3.8, 4) is 0 Å². The third-order valence-electron chi connectivity index (χ3n) is 5.71. The molecule has 0 spiro atoms. The lowest BCUT2D eigenvalue weighted by molar-refractivity contribution is -0.134. The maximum atomic E-state index is 12.7. The third kappa shape index (κ3) is 6.39. The molecule has 2 heterocycles. The first-order valence-electron chi connectivity index (χ1n) is 10.2. The van der Waals surface area contributed by atoms with Gasteiger partial charge in [-0.2, -0.15) is 4.72 Å². The van der Waals surface area contributed by atoms with Gasteiger partial charge in [0.2, 0.25) is 15.9 Å². The second-order valence-corrected chi connectivity index (χ2v) is 9.96. The summed E-state index contributed by atoms with van der Waals surface area (Å²) in [5.74, 6) is 0.442. The monoisotopic (exact) mass is 443 g/mol. The second-order valence-electron chi connectivity index (χ2n) is 7.81. The third-order valence-corrected chi connectivity index (χ3v) is 7.52. The van der Waals surface area contributed by atoms with E-state index in [0.29, 0.717) is 24.0 Å².